The van der Waals surface area contributed by atoms with E-state index in [4.69, 9.17) is 4.42 Å². The molecule has 156 valence electrons. The minimum atomic E-state index is -0.183. The monoisotopic (exact) mass is 576 g/mol. The van der Waals surface area contributed by atoms with E-state index in [1.807, 2.05) is 12.1 Å². The number of nitrogens with zero attached hydrogens (tertiary/aromatic N) is 3. The molecule has 0 aliphatic heterocycles. The van der Waals surface area contributed by atoms with Crippen LogP contribution in [0.4, 0.5) is 4.39 Å². The van der Waals surface area contributed by atoms with E-state index >= 15 is 0 Å². The number of hydrogen-bond acceptors (Lipinski definition) is 4. The van der Waals surface area contributed by atoms with E-state index in [9.17, 15) is 4.39 Å². The van der Waals surface area contributed by atoms with Gasteiger partial charge in [-0.2, -0.15) is 5.10 Å². The van der Waals surface area contributed by atoms with Gasteiger partial charge in [-0.15, -0.1) is 24.0 Å². The Morgan fingerprint density at radius 2 is 2.07 bits per heavy atom. The number of H-pyrrole nitrogens is 1. The number of rotatable bonds is 8. The van der Waals surface area contributed by atoms with Crippen LogP contribution < -0.4 is 10.6 Å². The zero-order valence-electron chi connectivity index (χ0n) is 15.9. The van der Waals surface area contributed by atoms with Gasteiger partial charge in [-0.25, -0.2) is 9.37 Å². The Hall–Kier alpha value is -1.95. The van der Waals surface area contributed by atoms with E-state index < -0.39 is 0 Å². The molecule has 0 fully saturated rings. The molecule has 0 radical (unpaired) electrons. The molecule has 1 aromatic carbocycles. The number of halogens is 3. The Morgan fingerprint density at radius 1 is 1.24 bits per heavy atom. The van der Waals surface area contributed by atoms with Crippen LogP contribution in [0.25, 0.3) is 11.6 Å². The molecule has 0 saturated carbocycles. The number of furan rings is 1. The van der Waals surface area contributed by atoms with Crippen molar-refractivity contribution in [2.45, 2.75) is 19.3 Å². The molecule has 0 unspecified atom stereocenters. The van der Waals surface area contributed by atoms with E-state index in [-0.39, 0.29) is 29.8 Å². The van der Waals surface area contributed by atoms with Gasteiger partial charge in [0.2, 0.25) is 5.82 Å². The topological polar surface area (TPSA) is 91.1 Å². The number of hydrogen-bond donors (Lipinski definition) is 3. The van der Waals surface area contributed by atoms with Gasteiger partial charge in [0.15, 0.2) is 11.7 Å². The van der Waals surface area contributed by atoms with Gasteiger partial charge in [-0.05, 0) is 42.7 Å². The summed E-state index contributed by atoms with van der Waals surface area (Å²) in [7, 11) is 1.72. The first-order chi connectivity index (χ1) is 13.7. The standard InChI is InChI=1S/C19H22BrFN6O.HI/c1-22-19(23-9-2-4-13-6-7-14(20)12-15(13)21)24-10-8-17-25-18(27-26-17)16-5-3-11-28-16;/h3,5-7,11-12H,2,4,8-10H2,1H3,(H2,22,23,24)(H,25,26,27);1H. The molecule has 2 heterocycles. The van der Waals surface area contributed by atoms with E-state index in [0.717, 1.165) is 16.7 Å². The molecule has 0 aliphatic rings. The minimum absolute atomic E-state index is 0. The maximum Gasteiger partial charge on any atom is 0.216 e. The van der Waals surface area contributed by atoms with Gasteiger partial charge in [0.1, 0.15) is 11.6 Å². The molecule has 3 rings (SSSR count). The van der Waals surface area contributed by atoms with Crippen LogP contribution in [0.5, 0.6) is 0 Å². The minimum Gasteiger partial charge on any atom is -0.461 e. The van der Waals surface area contributed by atoms with Crippen molar-refractivity contribution in [3.8, 4) is 11.6 Å². The summed E-state index contributed by atoms with van der Waals surface area (Å²) in [5, 5.41) is 13.5. The van der Waals surface area contributed by atoms with Crippen LogP contribution in [0.2, 0.25) is 0 Å². The summed E-state index contributed by atoms with van der Waals surface area (Å²) >= 11 is 3.27. The largest absolute Gasteiger partial charge is 0.461 e. The number of nitrogens with one attached hydrogen (secondary N) is 3. The number of benzene rings is 1. The van der Waals surface area contributed by atoms with Crippen LogP contribution >= 0.6 is 39.9 Å². The summed E-state index contributed by atoms with van der Waals surface area (Å²) < 4.78 is 19.8. The van der Waals surface area contributed by atoms with Crippen molar-refractivity contribution in [2.24, 2.45) is 4.99 Å². The SMILES string of the molecule is CN=C(NCCCc1ccc(Br)cc1F)NCCc1nc(-c2ccco2)n[nH]1.I. The zero-order valence-corrected chi connectivity index (χ0v) is 19.8. The molecular formula is C19H23BrFIN6O. The lowest BCUT2D eigenvalue weighted by molar-refractivity contribution is 0.577. The highest BCUT2D eigenvalue weighted by Crippen LogP contribution is 2.16. The van der Waals surface area contributed by atoms with Crippen LogP contribution in [0.1, 0.15) is 17.8 Å². The van der Waals surface area contributed by atoms with Crippen molar-refractivity contribution >= 4 is 45.9 Å². The first-order valence-corrected chi connectivity index (χ1v) is 9.78. The zero-order chi connectivity index (χ0) is 19.8. The predicted molar refractivity (Wildman–Crippen MR) is 125 cm³/mol. The van der Waals surface area contributed by atoms with Crippen molar-refractivity contribution in [1.82, 2.24) is 25.8 Å². The number of aryl methyl sites for hydroxylation is 1. The fourth-order valence-corrected chi connectivity index (χ4v) is 2.99. The maximum atomic E-state index is 13.8. The molecule has 0 aliphatic carbocycles. The van der Waals surface area contributed by atoms with Gasteiger partial charge in [0.25, 0.3) is 0 Å². The molecule has 3 aromatic rings. The smallest absolute Gasteiger partial charge is 0.216 e. The fraction of sp³-hybridized carbons (Fsp3) is 0.316. The van der Waals surface area contributed by atoms with Crippen LogP contribution in [-0.4, -0.2) is 41.3 Å². The molecule has 7 nitrogen and oxygen atoms in total. The van der Waals surface area contributed by atoms with Gasteiger partial charge < -0.3 is 15.1 Å². The average molecular weight is 577 g/mol. The molecule has 0 saturated heterocycles. The average Bonchev–Trinajstić information content (AvgIpc) is 3.36. The van der Waals surface area contributed by atoms with Gasteiger partial charge >= 0.3 is 0 Å². The Morgan fingerprint density at radius 3 is 2.79 bits per heavy atom. The quantitative estimate of drug-likeness (QED) is 0.164. The highest BCUT2D eigenvalue weighted by Gasteiger charge is 2.08. The second kappa shape index (κ2) is 11.9. The lowest BCUT2D eigenvalue weighted by Crippen LogP contribution is -2.38. The first kappa shape index (κ1) is 23.3. The maximum absolute atomic E-state index is 13.8. The normalized spacial score (nSPS) is 11.2. The first-order valence-electron chi connectivity index (χ1n) is 8.99. The summed E-state index contributed by atoms with van der Waals surface area (Å²) in [5.74, 6) is 2.46. The summed E-state index contributed by atoms with van der Waals surface area (Å²) in [4.78, 5) is 8.59. The molecule has 3 N–H and O–H groups in total. The fourth-order valence-electron chi connectivity index (χ4n) is 2.65. The number of aromatic amines is 1. The Bertz CT molecular complexity index is 915. The molecule has 2 aromatic heterocycles. The summed E-state index contributed by atoms with van der Waals surface area (Å²) in [6.07, 6.45) is 3.72. The number of aromatic nitrogens is 3. The Kier molecular flexibility index (Phi) is 9.58. The van der Waals surface area contributed by atoms with Gasteiger partial charge in [0.05, 0.1) is 6.26 Å². The van der Waals surface area contributed by atoms with Crippen molar-refractivity contribution < 1.29 is 8.81 Å². The summed E-state index contributed by atoms with van der Waals surface area (Å²) in [5.41, 5.74) is 0.714. The predicted octanol–water partition coefficient (Wildman–Crippen LogP) is 3.92. The van der Waals surface area contributed by atoms with Crippen molar-refractivity contribution in [3.63, 3.8) is 0 Å². The van der Waals surface area contributed by atoms with Gasteiger partial charge in [-0.3, -0.25) is 10.1 Å². The summed E-state index contributed by atoms with van der Waals surface area (Å²) in [6, 6.07) is 8.77. The van der Waals surface area contributed by atoms with E-state index in [1.165, 1.54) is 6.07 Å². The third kappa shape index (κ3) is 7.11. The third-order valence-corrected chi connectivity index (χ3v) is 4.57. The van der Waals surface area contributed by atoms with Crippen LogP contribution in [0, 0.1) is 5.82 Å². The van der Waals surface area contributed by atoms with Crippen molar-refractivity contribution in [2.75, 3.05) is 20.1 Å². The van der Waals surface area contributed by atoms with Crippen LogP contribution in [0.3, 0.4) is 0 Å². The summed E-state index contributed by atoms with van der Waals surface area (Å²) in [6.45, 7) is 1.34. The van der Waals surface area contributed by atoms with E-state index in [1.54, 1.807) is 25.4 Å². The molecular weight excluding hydrogens is 554 g/mol. The number of aliphatic imine (C=N–C) groups is 1. The van der Waals surface area contributed by atoms with Crippen LogP contribution in [0.15, 0.2) is 50.5 Å². The van der Waals surface area contributed by atoms with Crippen molar-refractivity contribution in [3.05, 3.63) is 58.3 Å². The van der Waals surface area contributed by atoms with Gasteiger partial charge in [-0.1, -0.05) is 22.0 Å². The molecule has 29 heavy (non-hydrogen) atoms. The lowest BCUT2D eigenvalue weighted by atomic mass is 10.1. The third-order valence-electron chi connectivity index (χ3n) is 4.08. The van der Waals surface area contributed by atoms with Crippen LogP contribution in [-0.2, 0) is 12.8 Å². The molecule has 0 atom stereocenters. The Labute approximate surface area is 194 Å². The second-order valence-electron chi connectivity index (χ2n) is 6.10. The molecule has 0 spiro atoms. The highest BCUT2D eigenvalue weighted by atomic mass is 127. The Balaban J connectivity index is 0.00000300. The highest BCUT2D eigenvalue weighted by molar-refractivity contribution is 14.0. The van der Waals surface area contributed by atoms with Gasteiger partial charge in [0, 0.05) is 31.0 Å². The second-order valence-corrected chi connectivity index (χ2v) is 7.01. The van der Waals surface area contributed by atoms with E-state index in [0.29, 0.717) is 49.0 Å². The van der Waals surface area contributed by atoms with Crippen molar-refractivity contribution in [1.29, 1.82) is 0 Å². The molecule has 10 heteroatoms. The molecule has 0 amide bonds. The lowest BCUT2D eigenvalue weighted by Gasteiger charge is -2.11. The number of guanidine groups is 1. The van der Waals surface area contributed by atoms with E-state index in [2.05, 4.69) is 46.7 Å². The molecule has 0 bridgehead atoms.